The lowest BCUT2D eigenvalue weighted by atomic mass is 9.94. The average Bonchev–Trinajstić information content (AvgIpc) is 3.53. The summed E-state index contributed by atoms with van der Waals surface area (Å²) in [4.78, 5) is 39.5. The van der Waals surface area contributed by atoms with Gasteiger partial charge in [0.05, 0.1) is 6.20 Å². The lowest BCUT2D eigenvalue weighted by Gasteiger charge is -2.38. The minimum Gasteiger partial charge on any atom is -0.352 e. The fourth-order valence-electron chi connectivity index (χ4n) is 3.80. The molecule has 0 bridgehead atoms. The van der Waals surface area contributed by atoms with E-state index in [4.69, 9.17) is 0 Å². The van der Waals surface area contributed by atoms with Gasteiger partial charge in [-0.05, 0) is 25.7 Å². The van der Waals surface area contributed by atoms with Crippen LogP contribution < -0.4 is 4.90 Å². The van der Waals surface area contributed by atoms with Crippen molar-refractivity contribution in [2.75, 3.05) is 44.2 Å². The largest absolute Gasteiger partial charge is 0.352 e. The van der Waals surface area contributed by atoms with E-state index in [1.165, 1.54) is 0 Å². The first kappa shape index (κ1) is 16.3. The van der Waals surface area contributed by atoms with E-state index in [2.05, 4.69) is 14.9 Å². The van der Waals surface area contributed by atoms with Crippen molar-refractivity contribution in [2.45, 2.75) is 25.7 Å². The Hall–Kier alpha value is -2.18. The van der Waals surface area contributed by atoms with E-state index >= 15 is 0 Å². The Morgan fingerprint density at radius 1 is 0.800 bits per heavy atom. The van der Waals surface area contributed by atoms with Crippen LogP contribution in [0.4, 0.5) is 5.82 Å². The Morgan fingerprint density at radius 3 is 1.96 bits per heavy atom. The first-order chi connectivity index (χ1) is 12.2. The van der Waals surface area contributed by atoms with Gasteiger partial charge in [-0.15, -0.1) is 0 Å². The maximum atomic E-state index is 12.8. The summed E-state index contributed by atoms with van der Waals surface area (Å²) < 4.78 is 0. The molecule has 3 heterocycles. The molecule has 0 N–H and O–H groups in total. The monoisotopic (exact) mass is 343 g/mol. The topological polar surface area (TPSA) is 69.6 Å². The van der Waals surface area contributed by atoms with Crippen LogP contribution >= 0.6 is 0 Å². The number of hydrogen-bond donors (Lipinski definition) is 0. The van der Waals surface area contributed by atoms with Crippen LogP contribution in [0.2, 0.25) is 0 Å². The molecule has 25 heavy (non-hydrogen) atoms. The third-order valence-corrected chi connectivity index (χ3v) is 5.55. The molecule has 7 heteroatoms. The molecule has 1 saturated carbocycles. The number of anilines is 1. The van der Waals surface area contributed by atoms with Crippen LogP contribution in [0.25, 0.3) is 0 Å². The van der Waals surface area contributed by atoms with Gasteiger partial charge in [-0.2, -0.15) is 0 Å². The van der Waals surface area contributed by atoms with Gasteiger partial charge in [-0.3, -0.25) is 14.6 Å². The number of hydrogen-bond acceptors (Lipinski definition) is 5. The Labute approximate surface area is 148 Å². The molecule has 4 rings (SSSR count). The van der Waals surface area contributed by atoms with Crippen molar-refractivity contribution in [3.8, 4) is 0 Å². The second kappa shape index (κ2) is 6.98. The number of likely N-dealkylation sites (tertiary alicyclic amines) is 1. The van der Waals surface area contributed by atoms with Gasteiger partial charge in [0.15, 0.2) is 0 Å². The number of piperazine rings is 1. The summed E-state index contributed by atoms with van der Waals surface area (Å²) in [5.41, 5.74) is 0. The lowest BCUT2D eigenvalue weighted by molar-refractivity contribution is -0.141. The number of carbonyl (C=O) groups excluding carboxylic acids is 2. The minimum atomic E-state index is 0.0753. The first-order valence-electron chi connectivity index (χ1n) is 9.31. The molecule has 7 nitrogen and oxygen atoms in total. The zero-order chi connectivity index (χ0) is 17.2. The molecular formula is C18H25N5O2. The summed E-state index contributed by atoms with van der Waals surface area (Å²) >= 11 is 0. The van der Waals surface area contributed by atoms with Gasteiger partial charge in [0.2, 0.25) is 11.8 Å². The van der Waals surface area contributed by atoms with Gasteiger partial charge in [0, 0.05) is 63.5 Å². The highest BCUT2D eigenvalue weighted by Gasteiger charge is 2.37. The Balaban J connectivity index is 1.26. The van der Waals surface area contributed by atoms with E-state index in [1.54, 1.807) is 18.6 Å². The van der Waals surface area contributed by atoms with E-state index in [1.807, 2.05) is 9.80 Å². The number of piperidine rings is 1. The lowest BCUT2D eigenvalue weighted by Crippen LogP contribution is -2.52. The molecule has 2 aliphatic heterocycles. The van der Waals surface area contributed by atoms with Gasteiger partial charge < -0.3 is 14.7 Å². The van der Waals surface area contributed by atoms with Crippen molar-refractivity contribution >= 4 is 17.6 Å². The summed E-state index contributed by atoms with van der Waals surface area (Å²) in [5.74, 6) is 1.80. The van der Waals surface area contributed by atoms with Crippen LogP contribution in [-0.2, 0) is 9.59 Å². The Kier molecular flexibility index (Phi) is 4.55. The number of rotatable bonds is 3. The predicted octanol–water partition coefficient (Wildman–Crippen LogP) is 0.774. The van der Waals surface area contributed by atoms with Crippen LogP contribution in [-0.4, -0.2) is 70.9 Å². The summed E-state index contributed by atoms with van der Waals surface area (Å²) in [6.07, 6.45) is 8.85. The van der Waals surface area contributed by atoms with E-state index in [-0.39, 0.29) is 17.7 Å². The maximum Gasteiger partial charge on any atom is 0.225 e. The Bertz CT molecular complexity index is 618. The van der Waals surface area contributed by atoms with Gasteiger partial charge in [0.25, 0.3) is 0 Å². The van der Waals surface area contributed by atoms with Gasteiger partial charge in [0.1, 0.15) is 5.82 Å². The minimum absolute atomic E-state index is 0.0753. The highest BCUT2D eigenvalue weighted by molar-refractivity contribution is 5.82. The molecule has 0 aromatic carbocycles. The number of aromatic nitrogens is 2. The Morgan fingerprint density at radius 2 is 1.40 bits per heavy atom. The van der Waals surface area contributed by atoms with Crippen molar-refractivity contribution in [3.05, 3.63) is 18.6 Å². The molecule has 1 aliphatic carbocycles. The smallest absolute Gasteiger partial charge is 0.225 e. The zero-order valence-electron chi connectivity index (χ0n) is 14.5. The normalized spacial score (nSPS) is 22.2. The molecular weight excluding hydrogens is 318 g/mol. The SMILES string of the molecule is O=C(C1CC1)N1CCC(C(=O)N2CCN(c3cnccn3)CC2)CC1. The van der Waals surface area contributed by atoms with E-state index in [9.17, 15) is 9.59 Å². The van der Waals surface area contributed by atoms with Crippen LogP contribution in [0.3, 0.4) is 0 Å². The number of amides is 2. The molecule has 0 atom stereocenters. The average molecular weight is 343 g/mol. The third kappa shape index (κ3) is 3.60. The van der Waals surface area contributed by atoms with E-state index in [0.717, 1.165) is 70.8 Å². The summed E-state index contributed by atoms with van der Waals surface area (Å²) in [6, 6.07) is 0. The summed E-state index contributed by atoms with van der Waals surface area (Å²) in [6.45, 7) is 4.54. The molecule has 0 radical (unpaired) electrons. The summed E-state index contributed by atoms with van der Waals surface area (Å²) in [5, 5.41) is 0. The molecule has 0 spiro atoms. The summed E-state index contributed by atoms with van der Waals surface area (Å²) in [7, 11) is 0. The highest BCUT2D eigenvalue weighted by Crippen LogP contribution is 2.32. The van der Waals surface area contributed by atoms with E-state index < -0.39 is 0 Å². The first-order valence-corrected chi connectivity index (χ1v) is 9.31. The van der Waals surface area contributed by atoms with Crippen LogP contribution in [0, 0.1) is 11.8 Å². The van der Waals surface area contributed by atoms with Gasteiger partial charge >= 0.3 is 0 Å². The predicted molar refractivity (Wildman–Crippen MR) is 92.9 cm³/mol. The second-order valence-electron chi connectivity index (χ2n) is 7.25. The van der Waals surface area contributed by atoms with Gasteiger partial charge in [-0.1, -0.05) is 0 Å². The van der Waals surface area contributed by atoms with Gasteiger partial charge in [-0.25, -0.2) is 4.98 Å². The fourth-order valence-corrected chi connectivity index (χ4v) is 3.80. The fraction of sp³-hybridized carbons (Fsp3) is 0.667. The molecule has 1 aromatic heterocycles. The standard InChI is InChI=1S/C18H25N5O2/c24-17(14-1-2-14)22-7-3-15(4-8-22)18(25)23-11-9-21(10-12-23)16-13-19-5-6-20-16/h5-6,13-15H,1-4,7-12H2. The van der Waals surface area contributed by atoms with E-state index in [0.29, 0.717) is 5.91 Å². The third-order valence-electron chi connectivity index (χ3n) is 5.55. The second-order valence-corrected chi connectivity index (χ2v) is 7.25. The molecule has 134 valence electrons. The van der Waals surface area contributed by atoms with Crippen molar-refractivity contribution in [3.63, 3.8) is 0 Å². The maximum absolute atomic E-state index is 12.8. The molecule has 2 saturated heterocycles. The van der Waals surface area contributed by atoms with Crippen LogP contribution in [0.5, 0.6) is 0 Å². The quantitative estimate of drug-likeness (QED) is 0.811. The number of nitrogens with zero attached hydrogens (tertiary/aromatic N) is 5. The van der Waals surface area contributed by atoms with Crippen molar-refractivity contribution in [1.29, 1.82) is 0 Å². The van der Waals surface area contributed by atoms with Crippen molar-refractivity contribution in [1.82, 2.24) is 19.8 Å². The molecule has 0 unspecified atom stereocenters. The van der Waals surface area contributed by atoms with Crippen molar-refractivity contribution < 1.29 is 9.59 Å². The van der Waals surface area contributed by atoms with Crippen molar-refractivity contribution in [2.24, 2.45) is 11.8 Å². The molecule has 3 aliphatic rings. The zero-order valence-corrected chi connectivity index (χ0v) is 14.5. The van der Waals surface area contributed by atoms with Crippen LogP contribution in [0.1, 0.15) is 25.7 Å². The number of carbonyl (C=O) groups is 2. The molecule has 1 aromatic rings. The molecule has 2 amide bonds. The van der Waals surface area contributed by atoms with Crippen LogP contribution in [0.15, 0.2) is 18.6 Å². The molecule has 3 fully saturated rings. The highest BCUT2D eigenvalue weighted by atomic mass is 16.2.